The number of hydrogen-bond donors (Lipinski definition) is 3. The van der Waals surface area contributed by atoms with Crippen molar-refractivity contribution in [3.8, 4) is 11.8 Å². The third-order valence-corrected chi connectivity index (χ3v) is 3.45. The highest BCUT2D eigenvalue weighted by Gasteiger charge is 2.18. The van der Waals surface area contributed by atoms with Crippen LogP contribution in [0, 0.1) is 11.8 Å². The first kappa shape index (κ1) is 16.0. The van der Waals surface area contributed by atoms with E-state index in [2.05, 4.69) is 39.3 Å². The molecule has 22 heavy (non-hydrogen) atoms. The van der Waals surface area contributed by atoms with Gasteiger partial charge in [-0.15, -0.1) is 0 Å². The van der Waals surface area contributed by atoms with E-state index in [9.17, 15) is 9.90 Å². The summed E-state index contributed by atoms with van der Waals surface area (Å²) in [4.78, 5) is 16.1. The molecule has 2 aromatic rings. The maximum Gasteiger partial charge on any atom is 0.251 e. The second-order valence-electron chi connectivity index (χ2n) is 4.70. The summed E-state index contributed by atoms with van der Waals surface area (Å²) in [5.41, 5.74) is 12.2. The Hall–Kier alpha value is -2.36. The lowest BCUT2D eigenvalue weighted by atomic mass is 9.99. The summed E-state index contributed by atoms with van der Waals surface area (Å²) in [5.74, 6) is 4.83. The fourth-order valence-corrected chi connectivity index (χ4v) is 2.39. The number of rotatable bonds is 2. The molecule has 0 aliphatic heterocycles. The number of aromatic nitrogens is 1. The number of benzene rings is 1. The summed E-state index contributed by atoms with van der Waals surface area (Å²) in [6.45, 7) is 5.31. The van der Waals surface area contributed by atoms with Gasteiger partial charge in [0.2, 0.25) is 0 Å². The summed E-state index contributed by atoms with van der Waals surface area (Å²) < 4.78 is 0.778. The van der Waals surface area contributed by atoms with Crippen LogP contribution < -0.4 is 11.5 Å². The molecule has 1 aromatic carbocycles. The number of halogens is 1. The minimum Gasteiger partial charge on any atom is -0.383 e. The van der Waals surface area contributed by atoms with E-state index in [1.165, 1.54) is 6.92 Å². The quantitative estimate of drug-likeness (QED) is 0.714. The molecule has 0 spiro atoms. The van der Waals surface area contributed by atoms with Gasteiger partial charge in [0, 0.05) is 20.8 Å². The van der Waals surface area contributed by atoms with Crippen LogP contribution in [-0.4, -0.2) is 22.1 Å². The Labute approximate surface area is 136 Å². The molecule has 5 nitrogen and oxygen atoms in total. The number of allylic oxidation sites excluding steroid dienone is 1. The van der Waals surface area contributed by atoms with Gasteiger partial charge in [-0.2, -0.15) is 0 Å². The van der Waals surface area contributed by atoms with E-state index in [-0.39, 0.29) is 22.6 Å². The number of primary amides is 1. The number of anilines is 1. The minimum absolute atomic E-state index is 0.204. The average molecular weight is 360 g/mol. The zero-order chi connectivity index (χ0) is 16.4. The summed E-state index contributed by atoms with van der Waals surface area (Å²) in [7, 11) is 0. The molecule has 1 amide bonds. The Kier molecular flexibility index (Phi) is 4.50. The summed E-state index contributed by atoms with van der Waals surface area (Å²) in [6.07, 6.45) is -0.819. The van der Waals surface area contributed by atoms with E-state index < -0.39 is 12.0 Å². The number of aliphatic hydroxyl groups is 1. The number of amides is 1. The van der Waals surface area contributed by atoms with Gasteiger partial charge in [0.05, 0.1) is 11.3 Å². The molecule has 6 heteroatoms. The number of pyridine rings is 1. The molecule has 0 aliphatic rings. The van der Waals surface area contributed by atoms with Crippen LogP contribution in [-0.2, 0) is 0 Å². The van der Waals surface area contributed by atoms with Crippen molar-refractivity contribution >= 4 is 44.0 Å². The predicted molar refractivity (Wildman–Crippen MR) is 90.9 cm³/mol. The standard InChI is InChI=1S/C16H14BrN3O2/c1-8(3-4-9(2)21)14-13(16(19)22)12-7-10(17)5-6-11(12)15(18)20-14/h5-7,9,21H,1H2,2H3,(H2,18,20)(H2,19,22)/t9-/m0/s1. The maximum atomic E-state index is 11.9. The zero-order valence-electron chi connectivity index (χ0n) is 11.9. The fourth-order valence-electron chi connectivity index (χ4n) is 2.03. The van der Waals surface area contributed by atoms with Crippen LogP contribution in [0.1, 0.15) is 23.0 Å². The van der Waals surface area contributed by atoms with Crippen LogP contribution in [0.2, 0.25) is 0 Å². The van der Waals surface area contributed by atoms with Gasteiger partial charge < -0.3 is 16.6 Å². The first-order chi connectivity index (χ1) is 10.3. The Morgan fingerprint density at radius 3 is 2.73 bits per heavy atom. The van der Waals surface area contributed by atoms with Gasteiger partial charge in [-0.1, -0.05) is 34.3 Å². The Bertz CT molecular complexity index is 848. The third-order valence-electron chi connectivity index (χ3n) is 2.96. The molecule has 5 N–H and O–H groups in total. The van der Waals surface area contributed by atoms with Crippen molar-refractivity contribution in [3.63, 3.8) is 0 Å². The lowest BCUT2D eigenvalue weighted by Crippen LogP contribution is -2.16. The number of aliphatic hydroxyl groups excluding tert-OH is 1. The Morgan fingerprint density at radius 1 is 1.45 bits per heavy atom. The largest absolute Gasteiger partial charge is 0.383 e. The van der Waals surface area contributed by atoms with Gasteiger partial charge in [-0.05, 0) is 25.1 Å². The van der Waals surface area contributed by atoms with Crippen molar-refractivity contribution < 1.29 is 9.90 Å². The van der Waals surface area contributed by atoms with Crippen LogP contribution in [0.15, 0.2) is 29.3 Å². The summed E-state index contributed by atoms with van der Waals surface area (Å²) in [6, 6.07) is 5.29. The minimum atomic E-state index is -0.819. The van der Waals surface area contributed by atoms with Gasteiger partial charge in [0.1, 0.15) is 11.9 Å². The highest BCUT2D eigenvalue weighted by molar-refractivity contribution is 9.10. The van der Waals surface area contributed by atoms with Crippen molar-refractivity contribution in [3.05, 3.63) is 40.5 Å². The molecule has 0 radical (unpaired) electrons. The van der Waals surface area contributed by atoms with Crippen molar-refractivity contribution in [1.82, 2.24) is 4.98 Å². The van der Waals surface area contributed by atoms with Crippen molar-refractivity contribution in [2.75, 3.05) is 5.73 Å². The predicted octanol–water partition coefficient (Wildman–Crippen LogP) is 2.08. The molecule has 0 unspecified atom stereocenters. The van der Waals surface area contributed by atoms with E-state index in [1.54, 1.807) is 18.2 Å². The van der Waals surface area contributed by atoms with Crippen LogP contribution >= 0.6 is 15.9 Å². The third kappa shape index (κ3) is 3.11. The van der Waals surface area contributed by atoms with Crippen molar-refractivity contribution in [1.29, 1.82) is 0 Å². The monoisotopic (exact) mass is 359 g/mol. The average Bonchev–Trinajstić information content (AvgIpc) is 2.43. The molecule has 112 valence electrons. The second-order valence-corrected chi connectivity index (χ2v) is 5.61. The number of fused-ring (bicyclic) bond motifs is 1. The molecule has 2 rings (SSSR count). The maximum absolute atomic E-state index is 11.9. The molecular formula is C16H14BrN3O2. The van der Waals surface area contributed by atoms with Gasteiger partial charge >= 0.3 is 0 Å². The van der Waals surface area contributed by atoms with E-state index in [0.29, 0.717) is 10.8 Å². The van der Waals surface area contributed by atoms with Crippen LogP contribution in [0.3, 0.4) is 0 Å². The lowest BCUT2D eigenvalue weighted by molar-refractivity contribution is 0.100. The highest BCUT2D eigenvalue weighted by Crippen LogP contribution is 2.30. The van der Waals surface area contributed by atoms with E-state index >= 15 is 0 Å². The molecule has 0 saturated heterocycles. The number of hydrogen-bond acceptors (Lipinski definition) is 4. The molecular weight excluding hydrogens is 346 g/mol. The molecule has 0 fully saturated rings. The SMILES string of the molecule is C=C(C#C[C@H](C)O)c1nc(N)c2ccc(Br)cc2c1C(N)=O. The number of carbonyl (C=O) groups is 1. The molecule has 0 saturated carbocycles. The zero-order valence-corrected chi connectivity index (χ0v) is 13.4. The number of nitrogens with two attached hydrogens (primary N) is 2. The van der Waals surface area contributed by atoms with Crippen molar-refractivity contribution in [2.45, 2.75) is 13.0 Å². The molecule has 1 heterocycles. The first-order valence-electron chi connectivity index (χ1n) is 6.38. The van der Waals surface area contributed by atoms with E-state index in [1.807, 2.05) is 0 Å². The topological polar surface area (TPSA) is 102 Å². The smallest absolute Gasteiger partial charge is 0.251 e. The Morgan fingerprint density at radius 2 is 2.14 bits per heavy atom. The van der Waals surface area contributed by atoms with Gasteiger partial charge in [-0.25, -0.2) is 4.98 Å². The fraction of sp³-hybridized carbons (Fsp3) is 0.125. The van der Waals surface area contributed by atoms with E-state index in [0.717, 1.165) is 4.47 Å². The van der Waals surface area contributed by atoms with Crippen LogP contribution in [0.4, 0.5) is 5.82 Å². The van der Waals surface area contributed by atoms with Crippen LogP contribution in [0.25, 0.3) is 16.3 Å². The van der Waals surface area contributed by atoms with Gasteiger partial charge in [0.15, 0.2) is 0 Å². The summed E-state index contributed by atoms with van der Waals surface area (Å²) >= 11 is 3.35. The molecule has 1 atom stereocenters. The summed E-state index contributed by atoms with van der Waals surface area (Å²) in [5, 5.41) is 10.4. The van der Waals surface area contributed by atoms with Gasteiger partial charge in [-0.3, -0.25) is 4.79 Å². The normalized spacial score (nSPS) is 11.6. The molecule has 0 aliphatic carbocycles. The first-order valence-corrected chi connectivity index (χ1v) is 7.18. The lowest BCUT2D eigenvalue weighted by Gasteiger charge is -2.11. The Balaban J connectivity index is 2.80. The highest BCUT2D eigenvalue weighted by atomic mass is 79.9. The van der Waals surface area contributed by atoms with Gasteiger partial charge in [0.25, 0.3) is 5.91 Å². The number of nitrogens with zero attached hydrogens (tertiary/aromatic N) is 1. The van der Waals surface area contributed by atoms with E-state index in [4.69, 9.17) is 11.5 Å². The van der Waals surface area contributed by atoms with Crippen molar-refractivity contribution in [2.24, 2.45) is 5.73 Å². The molecule has 1 aromatic heterocycles. The molecule has 0 bridgehead atoms. The number of carbonyl (C=O) groups excluding carboxylic acids is 1. The number of nitrogen functional groups attached to an aromatic ring is 1. The second kappa shape index (κ2) is 6.18. The van der Waals surface area contributed by atoms with Crippen LogP contribution in [0.5, 0.6) is 0 Å².